The Balaban J connectivity index is 2.61. The maximum Gasteiger partial charge on any atom is 0.339 e. The molecule has 1 aromatic rings. The van der Waals surface area contributed by atoms with Crippen molar-refractivity contribution in [2.75, 3.05) is 7.11 Å². The molecule has 1 rings (SSSR count). The predicted octanol–water partition coefficient (Wildman–Crippen LogP) is 2.45. The fraction of sp³-hybridized carbons (Fsp3) is 0.333. The van der Waals surface area contributed by atoms with Crippen LogP contribution in [-0.4, -0.2) is 25.2 Å². The molecule has 0 radical (unpaired) electrons. The minimum absolute atomic E-state index is 0.0205. The first-order valence-corrected chi connectivity index (χ1v) is 5.44. The van der Waals surface area contributed by atoms with Gasteiger partial charge in [-0.15, -0.1) is 0 Å². The Morgan fingerprint density at radius 1 is 1.35 bits per heavy atom. The quantitative estimate of drug-likeness (QED) is 0.777. The van der Waals surface area contributed by atoms with E-state index in [9.17, 15) is 9.59 Å². The van der Waals surface area contributed by atoms with Crippen LogP contribution in [0.5, 0.6) is 0 Å². The summed E-state index contributed by atoms with van der Waals surface area (Å²) in [6.45, 7) is 1.62. The van der Waals surface area contributed by atoms with E-state index < -0.39 is 18.0 Å². The van der Waals surface area contributed by atoms with Crippen molar-refractivity contribution in [2.45, 2.75) is 19.4 Å². The molecule has 0 heterocycles. The fourth-order valence-electron chi connectivity index (χ4n) is 1.23. The summed E-state index contributed by atoms with van der Waals surface area (Å²) < 4.78 is 9.54. The summed E-state index contributed by atoms with van der Waals surface area (Å²) in [6.07, 6.45) is -0.529. The minimum Gasteiger partial charge on any atom is -0.469 e. The maximum atomic E-state index is 11.7. The minimum atomic E-state index is -0.550. The second kappa shape index (κ2) is 6.25. The number of methoxy groups -OCH3 is 1. The number of rotatable bonds is 4. The molecular weight excluding hydrogens is 244 g/mol. The Morgan fingerprint density at radius 2 is 2.00 bits per heavy atom. The average molecular weight is 257 g/mol. The lowest BCUT2D eigenvalue weighted by atomic mass is 10.2. The van der Waals surface area contributed by atoms with Crippen LogP contribution in [0.2, 0.25) is 5.02 Å². The number of benzene rings is 1. The highest BCUT2D eigenvalue weighted by molar-refractivity contribution is 6.33. The summed E-state index contributed by atoms with van der Waals surface area (Å²) >= 11 is 5.84. The van der Waals surface area contributed by atoms with Gasteiger partial charge >= 0.3 is 11.9 Å². The smallest absolute Gasteiger partial charge is 0.339 e. The first kappa shape index (κ1) is 13.5. The highest BCUT2D eigenvalue weighted by Crippen LogP contribution is 2.17. The zero-order valence-corrected chi connectivity index (χ0v) is 10.4. The molecule has 17 heavy (non-hydrogen) atoms. The molecule has 0 aliphatic heterocycles. The van der Waals surface area contributed by atoms with Crippen LogP contribution in [0.25, 0.3) is 0 Å². The van der Waals surface area contributed by atoms with E-state index >= 15 is 0 Å². The summed E-state index contributed by atoms with van der Waals surface area (Å²) in [4.78, 5) is 22.7. The molecular formula is C12H13ClO4. The van der Waals surface area contributed by atoms with E-state index in [1.807, 2.05) is 0 Å². The van der Waals surface area contributed by atoms with Gasteiger partial charge in [-0.25, -0.2) is 4.79 Å². The zero-order valence-electron chi connectivity index (χ0n) is 9.60. The van der Waals surface area contributed by atoms with Crippen LogP contribution in [0.4, 0.5) is 0 Å². The van der Waals surface area contributed by atoms with E-state index in [1.54, 1.807) is 31.2 Å². The van der Waals surface area contributed by atoms with E-state index in [4.69, 9.17) is 16.3 Å². The summed E-state index contributed by atoms with van der Waals surface area (Å²) in [7, 11) is 1.28. The van der Waals surface area contributed by atoms with Gasteiger partial charge in [-0.1, -0.05) is 23.7 Å². The number of carbonyl (C=O) groups is 2. The molecule has 4 nitrogen and oxygen atoms in total. The number of carbonyl (C=O) groups excluding carboxylic acids is 2. The SMILES string of the molecule is COC(=O)C[C@@H](C)OC(=O)c1ccccc1Cl. The van der Waals surface area contributed by atoms with Gasteiger partial charge in [0.25, 0.3) is 0 Å². The Hall–Kier alpha value is -1.55. The van der Waals surface area contributed by atoms with E-state index in [2.05, 4.69) is 4.74 Å². The van der Waals surface area contributed by atoms with Gasteiger partial charge < -0.3 is 9.47 Å². The summed E-state index contributed by atoms with van der Waals surface area (Å²) in [5, 5.41) is 0.322. The molecule has 92 valence electrons. The number of ether oxygens (including phenoxy) is 2. The van der Waals surface area contributed by atoms with Gasteiger partial charge in [0.15, 0.2) is 0 Å². The topological polar surface area (TPSA) is 52.6 Å². The van der Waals surface area contributed by atoms with Gasteiger partial charge in [0.1, 0.15) is 6.10 Å². The van der Waals surface area contributed by atoms with Crippen LogP contribution in [0.1, 0.15) is 23.7 Å². The Labute approximate surface area is 104 Å². The van der Waals surface area contributed by atoms with Gasteiger partial charge in [-0.05, 0) is 19.1 Å². The third kappa shape index (κ3) is 4.07. The van der Waals surface area contributed by atoms with Crippen molar-refractivity contribution in [3.8, 4) is 0 Å². The van der Waals surface area contributed by atoms with Crippen molar-refractivity contribution in [2.24, 2.45) is 0 Å². The second-order valence-corrected chi connectivity index (χ2v) is 3.88. The molecule has 1 atom stereocenters. The fourth-order valence-corrected chi connectivity index (χ4v) is 1.45. The maximum absolute atomic E-state index is 11.7. The molecule has 1 aromatic carbocycles. The number of hydrogen-bond acceptors (Lipinski definition) is 4. The largest absolute Gasteiger partial charge is 0.469 e. The van der Waals surface area contributed by atoms with Crippen molar-refractivity contribution >= 4 is 23.5 Å². The van der Waals surface area contributed by atoms with Crippen LogP contribution in [0, 0.1) is 0 Å². The number of halogens is 1. The summed E-state index contributed by atoms with van der Waals surface area (Å²) in [6, 6.07) is 6.57. The van der Waals surface area contributed by atoms with Crippen LogP contribution in [-0.2, 0) is 14.3 Å². The van der Waals surface area contributed by atoms with Crippen molar-refractivity contribution in [1.82, 2.24) is 0 Å². The molecule has 0 N–H and O–H groups in total. The van der Waals surface area contributed by atoms with E-state index in [0.717, 1.165) is 0 Å². The van der Waals surface area contributed by atoms with E-state index in [0.29, 0.717) is 5.02 Å². The molecule has 0 saturated heterocycles. The molecule has 0 spiro atoms. The second-order valence-electron chi connectivity index (χ2n) is 3.48. The molecule has 0 saturated carbocycles. The number of esters is 2. The van der Waals surface area contributed by atoms with Crippen LogP contribution in [0.3, 0.4) is 0 Å². The highest BCUT2D eigenvalue weighted by Gasteiger charge is 2.17. The van der Waals surface area contributed by atoms with Crippen LogP contribution in [0.15, 0.2) is 24.3 Å². The lowest BCUT2D eigenvalue weighted by molar-refractivity contribution is -0.142. The highest BCUT2D eigenvalue weighted by atomic mass is 35.5. The summed E-state index contributed by atoms with van der Waals surface area (Å²) in [5.41, 5.74) is 0.283. The van der Waals surface area contributed by atoms with E-state index in [-0.39, 0.29) is 12.0 Å². The van der Waals surface area contributed by atoms with Gasteiger partial charge in [0.05, 0.1) is 24.1 Å². The lowest BCUT2D eigenvalue weighted by Crippen LogP contribution is -2.19. The van der Waals surface area contributed by atoms with Crippen LogP contribution >= 0.6 is 11.6 Å². The normalized spacial score (nSPS) is 11.7. The standard InChI is InChI=1S/C12H13ClO4/c1-8(7-11(14)16-2)17-12(15)9-5-3-4-6-10(9)13/h3-6,8H,7H2,1-2H3/t8-/m1/s1. The monoisotopic (exact) mass is 256 g/mol. The molecule has 0 aromatic heterocycles. The van der Waals surface area contributed by atoms with E-state index in [1.165, 1.54) is 7.11 Å². The van der Waals surface area contributed by atoms with Crippen molar-refractivity contribution < 1.29 is 19.1 Å². The van der Waals surface area contributed by atoms with Gasteiger partial charge in [0, 0.05) is 0 Å². The molecule has 0 fully saturated rings. The molecule has 5 heteroatoms. The van der Waals surface area contributed by atoms with Crippen molar-refractivity contribution in [3.63, 3.8) is 0 Å². The third-order valence-corrected chi connectivity index (χ3v) is 2.41. The third-order valence-electron chi connectivity index (χ3n) is 2.08. The predicted molar refractivity (Wildman–Crippen MR) is 63.0 cm³/mol. The van der Waals surface area contributed by atoms with Crippen molar-refractivity contribution in [3.05, 3.63) is 34.9 Å². The zero-order chi connectivity index (χ0) is 12.8. The van der Waals surface area contributed by atoms with Gasteiger partial charge in [-0.2, -0.15) is 0 Å². The van der Waals surface area contributed by atoms with Crippen molar-refractivity contribution in [1.29, 1.82) is 0 Å². The number of hydrogen-bond donors (Lipinski definition) is 0. The first-order chi connectivity index (χ1) is 8.04. The van der Waals surface area contributed by atoms with Gasteiger partial charge in [-0.3, -0.25) is 4.79 Å². The first-order valence-electron chi connectivity index (χ1n) is 5.07. The Bertz CT molecular complexity index is 417. The average Bonchev–Trinajstić information content (AvgIpc) is 2.29. The molecule has 0 unspecified atom stereocenters. The Morgan fingerprint density at radius 3 is 2.59 bits per heavy atom. The molecule has 0 aliphatic rings. The van der Waals surface area contributed by atoms with Gasteiger partial charge in [0.2, 0.25) is 0 Å². The molecule has 0 aliphatic carbocycles. The molecule has 0 amide bonds. The lowest BCUT2D eigenvalue weighted by Gasteiger charge is -2.12. The van der Waals surface area contributed by atoms with Crippen LogP contribution < -0.4 is 0 Å². The summed E-state index contributed by atoms with van der Waals surface area (Å²) in [5.74, 6) is -0.975. The molecule has 0 bridgehead atoms. The Kier molecular flexibility index (Phi) is 4.97.